The zero-order valence-electron chi connectivity index (χ0n) is 11.4. The van der Waals surface area contributed by atoms with Gasteiger partial charge in [0.25, 0.3) is 0 Å². The normalized spacial score (nSPS) is 10.3. The average Bonchev–Trinajstić information content (AvgIpc) is 3.02. The van der Waals surface area contributed by atoms with Gasteiger partial charge in [-0.3, -0.25) is 4.79 Å². The quantitative estimate of drug-likeness (QED) is 0.631. The molecule has 1 aromatic heterocycles. The number of carbonyl (C=O) groups excluding carboxylic acids is 1. The van der Waals surface area contributed by atoms with Crippen molar-refractivity contribution in [3.8, 4) is 16.9 Å². The number of carbonyl (C=O) groups is 1. The molecule has 3 rings (SSSR count). The average molecular weight is 294 g/mol. The van der Waals surface area contributed by atoms with Gasteiger partial charge < -0.3 is 4.74 Å². The Labute approximate surface area is 127 Å². The van der Waals surface area contributed by atoms with Gasteiger partial charge in [0.1, 0.15) is 12.4 Å². The summed E-state index contributed by atoms with van der Waals surface area (Å²) >= 11 is 1.44. The molecule has 0 aliphatic carbocycles. The smallest absolute Gasteiger partial charge is 0.160 e. The molecule has 0 saturated heterocycles. The first kappa shape index (κ1) is 13.6. The van der Waals surface area contributed by atoms with E-state index in [1.165, 1.54) is 11.3 Å². The van der Waals surface area contributed by atoms with Crippen LogP contribution in [0.1, 0.15) is 15.2 Å². The fourth-order valence-electron chi connectivity index (χ4n) is 2.19. The molecular formula is C18H14O2S. The molecule has 0 bridgehead atoms. The lowest BCUT2D eigenvalue weighted by molar-refractivity contribution is 0.112. The van der Waals surface area contributed by atoms with Crippen molar-refractivity contribution >= 4 is 17.6 Å². The van der Waals surface area contributed by atoms with Crippen molar-refractivity contribution < 1.29 is 9.53 Å². The lowest BCUT2D eigenvalue weighted by Crippen LogP contribution is -1.96. The minimum Gasteiger partial charge on any atom is -0.488 e. The zero-order valence-corrected chi connectivity index (χ0v) is 12.2. The first-order valence-electron chi connectivity index (χ1n) is 6.67. The molecule has 0 N–H and O–H groups in total. The van der Waals surface area contributed by atoms with E-state index in [1.807, 2.05) is 66.0 Å². The lowest BCUT2D eigenvalue weighted by Gasteiger charge is -2.11. The Morgan fingerprint density at radius 1 is 0.905 bits per heavy atom. The zero-order chi connectivity index (χ0) is 14.5. The minimum atomic E-state index is 0.512. The summed E-state index contributed by atoms with van der Waals surface area (Å²) < 4.78 is 5.94. The third kappa shape index (κ3) is 3.03. The Kier molecular flexibility index (Phi) is 4.12. The van der Waals surface area contributed by atoms with E-state index in [4.69, 9.17) is 4.74 Å². The van der Waals surface area contributed by atoms with Gasteiger partial charge in [-0.2, -0.15) is 0 Å². The highest BCUT2D eigenvalue weighted by molar-refractivity contribution is 7.12. The van der Waals surface area contributed by atoms with Crippen molar-refractivity contribution in [2.24, 2.45) is 0 Å². The molecule has 104 valence electrons. The molecule has 0 atom stereocenters. The number of thiophene rings is 1. The maximum Gasteiger partial charge on any atom is 0.160 e. The number of ether oxygens (including phenoxy) is 1. The number of aldehydes is 1. The number of benzene rings is 2. The first-order valence-corrected chi connectivity index (χ1v) is 7.55. The Morgan fingerprint density at radius 2 is 1.67 bits per heavy atom. The summed E-state index contributed by atoms with van der Waals surface area (Å²) in [7, 11) is 0. The largest absolute Gasteiger partial charge is 0.488 e. The van der Waals surface area contributed by atoms with Gasteiger partial charge in [-0.1, -0.05) is 48.5 Å². The van der Waals surface area contributed by atoms with Crippen molar-refractivity contribution in [1.29, 1.82) is 0 Å². The predicted molar refractivity (Wildman–Crippen MR) is 85.9 cm³/mol. The molecule has 3 aromatic rings. The maximum absolute atomic E-state index is 11.1. The van der Waals surface area contributed by atoms with E-state index in [9.17, 15) is 4.79 Å². The summed E-state index contributed by atoms with van der Waals surface area (Å²) in [5.74, 6) is 0.794. The van der Waals surface area contributed by atoms with E-state index in [1.54, 1.807) is 0 Å². The molecule has 0 unspecified atom stereocenters. The van der Waals surface area contributed by atoms with Crippen LogP contribution in [-0.4, -0.2) is 6.29 Å². The molecule has 0 fully saturated rings. The second-order valence-electron chi connectivity index (χ2n) is 4.59. The third-order valence-corrected chi connectivity index (χ3v) is 4.06. The highest BCUT2D eigenvalue weighted by atomic mass is 32.1. The number of hydrogen-bond donors (Lipinski definition) is 0. The SMILES string of the molecule is O=Cc1sccc1-c1ccccc1OCc1ccccc1. The van der Waals surface area contributed by atoms with Crippen LogP contribution in [0.25, 0.3) is 11.1 Å². The second kappa shape index (κ2) is 6.37. The second-order valence-corrected chi connectivity index (χ2v) is 5.53. The van der Waals surface area contributed by atoms with E-state index >= 15 is 0 Å². The topological polar surface area (TPSA) is 26.3 Å². The van der Waals surface area contributed by atoms with Crippen LogP contribution in [0, 0.1) is 0 Å². The molecule has 0 radical (unpaired) electrons. The van der Waals surface area contributed by atoms with Crippen molar-refractivity contribution in [2.45, 2.75) is 6.61 Å². The number of rotatable bonds is 5. The van der Waals surface area contributed by atoms with E-state index in [2.05, 4.69) is 0 Å². The predicted octanol–water partition coefficient (Wildman–Crippen LogP) is 4.81. The van der Waals surface area contributed by atoms with Crippen LogP contribution in [0.4, 0.5) is 0 Å². The van der Waals surface area contributed by atoms with Crippen molar-refractivity contribution in [3.63, 3.8) is 0 Å². The van der Waals surface area contributed by atoms with Crippen LogP contribution in [0.5, 0.6) is 5.75 Å². The number of para-hydroxylation sites is 1. The van der Waals surface area contributed by atoms with Crippen molar-refractivity contribution in [2.75, 3.05) is 0 Å². The van der Waals surface area contributed by atoms with Gasteiger partial charge >= 0.3 is 0 Å². The van der Waals surface area contributed by atoms with E-state index in [-0.39, 0.29) is 0 Å². The van der Waals surface area contributed by atoms with Gasteiger partial charge in [-0.15, -0.1) is 11.3 Å². The molecule has 2 nitrogen and oxygen atoms in total. The Bertz CT molecular complexity index is 732. The summed E-state index contributed by atoms with van der Waals surface area (Å²) in [5.41, 5.74) is 3.00. The molecule has 0 aliphatic rings. The van der Waals surface area contributed by atoms with Crippen LogP contribution in [0.15, 0.2) is 66.0 Å². The Balaban J connectivity index is 1.88. The van der Waals surface area contributed by atoms with Gasteiger partial charge in [0.05, 0.1) is 4.88 Å². The van der Waals surface area contributed by atoms with Crippen LogP contribution in [0.3, 0.4) is 0 Å². The fraction of sp³-hybridized carbons (Fsp3) is 0.0556. The van der Waals surface area contributed by atoms with E-state index in [0.29, 0.717) is 6.61 Å². The minimum absolute atomic E-state index is 0.512. The monoisotopic (exact) mass is 294 g/mol. The van der Waals surface area contributed by atoms with Gasteiger partial charge in [-0.05, 0) is 23.1 Å². The molecule has 21 heavy (non-hydrogen) atoms. The molecule has 0 spiro atoms. The molecule has 1 heterocycles. The van der Waals surface area contributed by atoms with Crippen LogP contribution in [-0.2, 0) is 6.61 Å². The summed E-state index contributed by atoms with van der Waals surface area (Å²) in [5, 5.41) is 1.92. The summed E-state index contributed by atoms with van der Waals surface area (Å²) in [6, 6.07) is 19.8. The molecule has 0 amide bonds. The summed E-state index contributed by atoms with van der Waals surface area (Å²) in [6.07, 6.45) is 0.897. The van der Waals surface area contributed by atoms with Crippen molar-refractivity contribution in [3.05, 3.63) is 76.5 Å². The van der Waals surface area contributed by atoms with Crippen molar-refractivity contribution in [1.82, 2.24) is 0 Å². The number of hydrogen-bond acceptors (Lipinski definition) is 3. The van der Waals surface area contributed by atoms with Crippen LogP contribution >= 0.6 is 11.3 Å². The van der Waals surface area contributed by atoms with E-state index < -0.39 is 0 Å². The summed E-state index contributed by atoms with van der Waals surface area (Å²) in [6.45, 7) is 0.512. The highest BCUT2D eigenvalue weighted by Gasteiger charge is 2.11. The Morgan fingerprint density at radius 3 is 2.48 bits per heavy atom. The molecule has 0 saturated carbocycles. The maximum atomic E-state index is 11.1. The highest BCUT2D eigenvalue weighted by Crippen LogP contribution is 2.34. The standard InChI is InChI=1S/C18H14O2S/c19-12-18-16(10-11-21-18)15-8-4-5-9-17(15)20-13-14-6-2-1-3-7-14/h1-12H,13H2. The summed E-state index contributed by atoms with van der Waals surface area (Å²) in [4.78, 5) is 11.8. The van der Waals surface area contributed by atoms with Gasteiger partial charge in [-0.25, -0.2) is 0 Å². The van der Waals surface area contributed by atoms with Gasteiger partial charge in [0.2, 0.25) is 0 Å². The first-order chi connectivity index (χ1) is 10.4. The molecular weight excluding hydrogens is 280 g/mol. The Hall–Kier alpha value is -2.39. The van der Waals surface area contributed by atoms with Crippen LogP contribution in [0.2, 0.25) is 0 Å². The van der Waals surface area contributed by atoms with Gasteiger partial charge in [0, 0.05) is 11.1 Å². The molecule has 3 heteroatoms. The van der Waals surface area contributed by atoms with Crippen LogP contribution < -0.4 is 4.74 Å². The van der Waals surface area contributed by atoms with Gasteiger partial charge in [0.15, 0.2) is 6.29 Å². The third-order valence-electron chi connectivity index (χ3n) is 3.22. The molecule has 2 aromatic carbocycles. The lowest BCUT2D eigenvalue weighted by atomic mass is 10.1. The van der Waals surface area contributed by atoms with E-state index in [0.717, 1.165) is 33.6 Å². The molecule has 0 aliphatic heterocycles. The fourth-order valence-corrected chi connectivity index (χ4v) is 2.90.